The minimum absolute atomic E-state index is 0.0726. The van der Waals surface area contributed by atoms with Gasteiger partial charge >= 0.3 is 5.69 Å². The number of nitro groups is 1. The van der Waals surface area contributed by atoms with Crippen molar-refractivity contribution in [3.63, 3.8) is 0 Å². The van der Waals surface area contributed by atoms with Crippen LogP contribution in [0.3, 0.4) is 0 Å². The minimum Gasteiger partial charge on any atom is -0.396 e. The Morgan fingerprint density at radius 2 is 2.15 bits per heavy atom. The number of rotatable bonds is 8. The van der Waals surface area contributed by atoms with Crippen molar-refractivity contribution in [2.24, 2.45) is 5.41 Å². The van der Waals surface area contributed by atoms with Gasteiger partial charge in [-0.1, -0.05) is 13.8 Å². The fraction of sp³-hybridized carbons (Fsp3) is 0.667. The lowest BCUT2D eigenvalue weighted by Crippen LogP contribution is -2.25. The first-order valence-electron chi connectivity index (χ1n) is 6.49. The molecular formula is C12H21N5O3. The number of hydrogen-bond acceptors (Lipinski definition) is 7. The van der Waals surface area contributed by atoms with Crippen LogP contribution in [0.25, 0.3) is 0 Å². The summed E-state index contributed by atoms with van der Waals surface area (Å²) in [6.45, 7) is 7.00. The third kappa shape index (κ3) is 4.61. The summed E-state index contributed by atoms with van der Waals surface area (Å²) in [5.74, 6) is 0.535. The molecule has 0 aromatic carbocycles. The van der Waals surface area contributed by atoms with Crippen LogP contribution in [0.2, 0.25) is 0 Å². The third-order valence-corrected chi connectivity index (χ3v) is 2.82. The monoisotopic (exact) mass is 283 g/mol. The Hall–Kier alpha value is -1.96. The molecular weight excluding hydrogens is 262 g/mol. The molecule has 3 N–H and O–H groups in total. The maximum atomic E-state index is 11.0. The Morgan fingerprint density at radius 3 is 2.70 bits per heavy atom. The van der Waals surface area contributed by atoms with Gasteiger partial charge in [0.1, 0.15) is 6.20 Å². The van der Waals surface area contributed by atoms with Crippen LogP contribution in [0.4, 0.5) is 17.5 Å². The lowest BCUT2D eigenvalue weighted by molar-refractivity contribution is -0.384. The zero-order chi connectivity index (χ0) is 15.2. The Kier molecular flexibility index (Phi) is 5.63. The highest BCUT2D eigenvalue weighted by Crippen LogP contribution is 2.25. The van der Waals surface area contributed by atoms with Gasteiger partial charge in [0.2, 0.25) is 11.8 Å². The second kappa shape index (κ2) is 6.99. The smallest absolute Gasteiger partial charge is 0.329 e. The molecule has 8 heteroatoms. The highest BCUT2D eigenvalue weighted by Gasteiger charge is 2.21. The van der Waals surface area contributed by atoms with Crippen molar-refractivity contribution in [1.29, 1.82) is 0 Å². The molecule has 0 fully saturated rings. The average Bonchev–Trinajstić information content (AvgIpc) is 2.36. The molecule has 0 saturated carbocycles. The first kappa shape index (κ1) is 16.1. The molecule has 0 atom stereocenters. The highest BCUT2D eigenvalue weighted by atomic mass is 16.6. The topological polar surface area (TPSA) is 113 Å². The van der Waals surface area contributed by atoms with Gasteiger partial charge in [0.05, 0.1) is 4.92 Å². The summed E-state index contributed by atoms with van der Waals surface area (Å²) in [7, 11) is 0. The van der Waals surface area contributed by atoms with Gasteiger partial charge in [-0.15, -0.1) is 0 Å². The Labute approximate surface area is 117 Å². The number of nitrogens with zero attached hydrogens (tertiary/aromatic N) is 3. The van der Waals surface area contributed by atoms with Gasteiger partial charge in [-0.25, -0.2) is 4.98 Å². The molecule has 1 aromatic rings. The van der Waals surface area contributed by atoms with Crippen LogP contribution in [-0.4, -0.2) is 39.7 Å². The van der Waals surface area contributed by atoms with Crippen LogP contribution in [0.1, 0.15) is 27.2 Å². The lowest BCUT2D eigenvalue weighted by Gasteiger charge is -2.24. The fourth-order valence-electron chi connectivity index (χ4n) is 1.60. The Morgan fingerprint density at radius 1 is 1.45 bits per heavy atom. The van der Waals surface area contributed by atoms with E-state index in [9.17, 15) is 10.1 Å². The molecule has 0 radical (unpaired) electrons. The van der Waals surface area contributed by atoms with E-state index in [1.807, 2.05) is 20.8 Å². The molecule has 0 spiro atoms. The van der Waals surface area contributed by atoms with E-state index < -0.39 is 4.92 Å². The normalized spacial score (nSPS) is 11.2. The number of aliphatic hydroxyl groups is 1. The number of aliphatic hydroxyl groups excluding tert-OH is 1. The predicted octanol–water partition coefficient (Wildman–Crippen LogP) is 1.64. The molecule has 0 bridgehead atoms. The minimum atomic E-state index is -0.517. The zero-order valence-electron chi connectivity index (χ0n) is 12.0. The molecule has 0 aliphatic rings. The summed E-state index contributed by atoms with van der Waals surface area (Å²) in [5.41, 5.74) is -0.349. The van der Waals surface area contributed by atoms with E-state index in [0.717, 1.165) is 0 Å². The summed E-state index contributed by atoms with van der Waals surface area (Å²) in [6, 6.07) is 0. The number of aromatic nitrogens is 2. The van der Waals surface area contributed by atoms with Gasteiger partial charge < -0.3 is 15.7 Å². The van der Waals surface area contributed by atoms with Crippen molar-refractivity contribution in [2.45, 2.75) is 27.2 Å². The van der Waals surface area contributed by atoms with Crippen LogP contribution in [0.5, 0.6) is 0 Å². The first-order chi connectivity index (χ1) is 9.39. The van der Waals surface area contributed by atoms with Crippen LogP contribution in [-0.2, 0) is 0 Å². The van der Waals surface area contributed by atoms with E-state index in [2.05, 4.69) is 20.6 Å². The fourth-order valence-corrected chi connectivity index (χ4v) is 1.60. The molecule has 1 aromatic heterocycles. The van der Waals surface area contributed by atoms with Gasteiger partial charge in [0.25, 0.3) is 0 Å². The van der Waals surface area contributed by atoms with Crippen LogP contribution < -0.4 is 10.6 Å². The summed E-state index contributed by atoms with van der Waals surface area (Å²) < 4.78 is 0. The summed E-state index contributed by atoms with van der Waals surface area (Å²) in [6.07, 6.45) is 1.78. The van der Waals surface area contributed by atoms with Gasteiger partial charge in [0, 0.05) is 19.7 Å². The van der Waals surface area contributed by atoms with Crippen LogP contribution >= 0.6 is 0 Å². The maximum absolute atomic E-state index is 11.0. The van der Waals surface area contributed by atoms with Gasteiger partial charge in [-0.2, -0.15) is 4.98 Å². The van der Waals surface area contributed by atoms with Crippen LogP contribution in [0, 0.1) is 15.5 Å². The molecule has 0 unspecified atom stereocenters. The summed E-state index contributed by atoms with van der Waals surface area (Å²) in [5, 5.41) is 25.8. The molecule has 112 valence electrons. The second-order valence-corrected chi connectivity index (χ2v) is 5.21. The summed E-state index contributed by atoms with van der Waals surface area (Å²) in [4.78, 5) is 18.4. The Balaban J connectivity index is 2.90. The van der Waals surface area contributed by atoms with Crippen molar-refractivity contribution in [3.05, 3.63) is 16.3 Å². The standard InChI is InChI=1S/C12H21N5O3/c1-4-13-11-14-7-9(17(19)20)10(16-11)15-8-12(2,3)5-6-18/h7,18H,4-6,8H2,1-3H3,(H2,13,14,15,16). The number of nitrogens with one attached hydrogen (secondary N) is 2. The number of hydrogen-bond donors (Lipinski definition) is 3. The van der Waals surface area contributed by atoms with Crippen LogP contribution in [0.15, 0.2) is 6.20 Å². The quantitative estimate of drug-likeness (QED) is 0.491. The van der Waals surface area contributed by atoms with E-state index in [0.29, 0.717) is 25.5 Å². The Bertz CT molecular complexity index is 464. The van der Waals surface area contributed by atoms with Gasteiger partial charge in [-0.05, 0) is 18.8 Å². The molecule has 0 amide bonds. The molecule has 0 saturated heterocycles. The molecule has 20 heavy (non-hydrogen) atoms. The highest BCUT2D eigenvalue weighted by molar-refractivity contribution is 5.57. The van der Waals surface area contributed by atoms with E-state index >= 15 is 0 Å². The van der Waals surface area contributed by atoms with Crippen molar-refractivity contribution < 1.29 is 10.0 Å². The second-order valence-electron chi connectivity index (χ2n) is 5.21. The van der Waals surface area contributed by atoms with Gasteiger partial charge in [0.15, 0.2) is 0 Å². The van der Waals surface area contributed by atoms with Crippen molar-refractivity contribution in [3.8, 4) is 0 Å². The van der Waals surface area contributed by atoms with Crippen molar-refractivity contribution >= 4 is 17.5 Å². The van der Waals surface area contributed by atoms with E-state index in [1.165, 1.54) is 6.20 Å². The molecule has 0 aliphatic heterocycles. The van der Waals surface area contributed by atoms with E-state index in [-0.39, 0.29) is 23.5 Å². The molecule has 8 nitrogen and oxygen atoms in total. The first-order valence-corrected chi connectivity index (χ1v) is 6.49. The van der Waals surface area contributed by atoms with Gasteiger partial charge in [-0.3, -0.25) is 10.1 Å². The predicted molar refractivity (Wildman–Crippen MR) is 76.8 cm³/mol. The van der Waals surface area contributed by atoms with E-state index in [1.54, 1.807) is 0 Å². The SMILES string of the molecule is CCNc1ncc([N+](=O)[O-])c(NCC(C)(C)CCO)n1. The largest absolute Gasteiger partial charge is 0.396 e. The zero-order valence-corrected chi connectivity index (χ0v) is 12.0. The summed E-state index contributed by atoms with van der Waals surface area (Å²) >= 11 is 0. The van der Waals surface area contributed by atoms with E-state index in [4.69, 9.17) is 5.11 Å². The maximum Gasteiger partial charge on any atom is 0.329 e. The average molecular weight is 283 g/mol. The third-order valence-electron chi connectivity index (χ3n) is 2.82. The molecule has 1 rings (SSSR count). The molecule has 1 heterocycles. The number of anilines is 2. The molecule has 0 aliphatic carbocycles. The van der Waals surface area contributed by atoms with Crippen molar-refractivity contribution in [2.75, 3.05) is 30.3 Å². The lowest BCUT2D eigenvalue weighted by atomic mass is 9.90. The van der Waals surface area contributed by atoms with Crippen molar-refractivity contribution in [1.82, 2.24) is 9.97 Å².